The predicted molar refractivity (Wildman–Crippen MR) is 108 cm³/mol. The fourth-order valence-corrected chi connectivity index (χ4v) is 3.58. The number of amides is 1. The number of anilines is 1. The van der Waals surface area contributed by atoms with Crippen LogP contribution in [0.3, 0.4) is 0 Å². The molecule has 1 saturated heterocycles. The van der Waals surface area contributed by atoms with Gasteiger partial charge in [0.25, 0.3) is 0 Å². The first-order chi connectivity index (χ1) is 13.7. The molecule has 1 amide bonds. The molecule has 6 nitrogen and oxygen atoms in total. The Kier molecular flexibility index (Phi) is 5.48. The molecule has 1 fully saturated rings. The van der Waals surface area contributed by atoms with Crippen LogP contribution < -0.4 is 5.32 Å². The molecule has 0 aliphatic carbocycles. The van der Waals surface area contributed by atoms with Crippen LogP contribution in [0.25, 0.3) is 11.4 Å². The van der Waals surface area contributed by atoms with Gasteiger partial charge in [-0.15, -0.1) is 0 Å². The maximum Gasteiger partial charge on any atom is 0.241 e. The summed E-state index contributed by atoms with van der Waals surface area (Å²) in [4.78, 5) is 19.4. The Bertz CT molecular complexity index is 938. The highest BCUT2D eigenvalue weighted by molar-refractivity contribution is 5.93. The summed E-state index contributed by atoms with van der Waals surface area (Å²) in [6.45, 7) is 4.19. The standard InChI is InChI=1S/C22H24N4O2/c1-16-8-5-6-12-19(16)23-22(27)18-11-7-13-26(14-18)15-20-24-21(25-28-20)17-9-3-2-4-10-17/h2-6,8-10,12,18H,7,11,13-15H2,1H3,(H,23,27). The monoisotopic (exact) mass is 376 g/mol. The fourth-order valence-electron chi connectivity index (χ4n) is 3.58. The van der Waals surface area contributed by atoms with Crippen LogP contribution in [0, 0.1) is 12.8 Å². The fraction of sp³-hybridized carbons (Fsp3) is 0.318. The number of nitrogens with zero attached hydrogens (tertiary/aromatic N) is 3. The van der Waals surface area contributed by atoms with Crippen molar-refractivity contribution < 1.29 is 9.32 Å². The van der Waals surface area contributed by atoms with Crippen LogP contribution >= 0.6 is 0 Å². The van der Waals surface area contributed by atoms with Crippen molar-refractivity contribution in [3.63, 3.8) is 0 Å². The molecule has 3 aromatic rings. The molecule has 2 heterocycles. The number of carbonyl (C=O) groups excluding carboxylic acids is 1. The van der Waals surface area contributed by atoms with Crippen LogP contribution in [0.5, 0.6) is 0 Å². The van der Waals surface area contributed by atoms with E-state index < -0.39 is 0 Å². The predicted octanol–water partition coefficient (Wildman–Crippen LogP) is 3.90. The van der Waals surface area contributed by atoms with Crippen molar-refractivity contribution in [1.29, 1.82) is 0 Å². The van der Waals surface area contributed by atoms with Crippen molar-refractivity contribution in [3.8, 4) is 11.4 Å². The van der Waals surface area contributed by atoms with Gasteiger partial charge in [-0.3, -0.25) is 9.69 Å². The van der Waals surface area contributed by atoms with Crippen molar-refractivity contribution in [1.82, 2.24) is 15.0 Å². The first-order valence-electron chi connectivity index (χ1n) is 9.66. The van der Waals surface area contributed by atoms with Gasteiger partial charge in [-0.25, -0.2) is 0 Å². The van der Waals surface area contributed by atoms with Gasteiger partial charge in [0, 0.05) is 17.8 Å². The Morgan fingerprint density at radius 2 is 1.96 bits per heavy atom. The van der Waals surface area contributed by atoms with Crippen molar-refractivity contribution in [2.45, 2.75) is 26.3 Å². The molecule has 6 heteroatoms. The molecular formula is C22H24N4O2. The molecule has 1 unspecified atom stereocenters. The number of aryl methyl sites for hydroxylation is 1. The van der Waals surface area contributed by atoms with E-state index in [1.807, 2.05) is 61.5 Å². The summed E-state index contributed by atoms with van der Waals surface area (Å²) in [6.07, 6.45) is 1.87. The zero-order valence-electron chi connectivity index (χ0n) is 16.0. The van der Waals surface area contributed by atoms with Crippen molar-refractivity contribution in [2.24, 2.45) is 5.92 Å². The molecular weight excluding hydrogens is 352 g/mol. The molecule has 28 heavy (non-hydrogen) atoms. The minimum atomic E-state index is -0.0372. The minimum Gasteiger partial charge on any atom is -0.338 e. The van der Waals surface area contributed by atoms with Gasteiger partial charge in [0.15, 0.2) is 0 Å². The first-order valence-corrected chi connectivity index (χ1v) is 9.66. The van der Waals surface area contributed by atoms with Crippen LogP contribution in [-0.4, -0.2) is 34.0 Å². The number of rotatable bonds is 5. The average molecular weight is 376 g/mol. The third kappa shape index (κ3) is 4.28. The van der Waals surface area contributed by atoms with Crippen LogP contribution in [0.15, 0.2) is 59.1 Å². The molecule has 0 saturated carbocycles. The number of para-hydroxylation sites is 1. The van der Waals surface area contributed by atoms with Gasteiger partial charge >= 0.3 is 0 Å². The molecule has 144 valence electrons. The van der Waals surface area contributed by atoms with Crippen molar-refractivity contribution in [3.05, 3.63) is 66.1 Å². The lowest BCUT2D eigenvalue weighted by molar-refractivity contribution is -0.121. The number of hydrogen-bond donors (Lipinski definition) is 1. The molecule has 2 aromatic carbocycles. The summed E-state index contributed by atoms with van der Waals surface area (Å²) >= 11 is 0. The topological polar surface area (TPSA) is 71.3 Å². The van der Waals surface area contributed by atoms with E-state index in [2.05, 4.69) is 20.4 Å². The number of hydrogen-bond acceptors (Lipinski definition) is 5. The third-order valence-corrected chi connectivity index (χ3v) is 5.14. The summed E-state index contributed by atoms with van der Waals surface area (Å²) in [5.41, 5.74) is 2.89. The number of aromatic nitrogens is 2. The molecule has 1 atom stereocenters. The molecule has 0 radical (unpaired) electrons. The number of piperidine rings is 1. The lowest BCUT2D eigenvalue weighted by atomic mass is 9.97. The van der Waals surface area contributed by atoms with Gasteiger partial charge in [-0.2, -0.15) is 4.98 Å². The molecule has 1 N–H and O–H groups in total. The van der Waals surface area contributed by atoms with E-state index in [0.717, 1.165) is 36.2 Å². The Morgan fingerprint density at radius 3 is 2.79 bits per heavy atom. The molecule has 4 rings (SSSR count). The number of carbonyl (C=O) groups is 1. The van der Waals surface area contributed by atoms with E-state index in [9.17, 15) is 4.79 Å². The second kappa shape index (κ2) is 8.35. The lowest BCUT2D eigenvalue weighted by Crippen LogP contribution is -2.40. The van der Waals surface area contributed by atoms with Crippen LogP contribution in [0.2, 0.25) is 0 Å². The zero-order valence-corrected chi connectivity index (χ0v) is 16.0. The third-order valence-electron chi connectivity index (χ3n) is 5.14. The van der Waals surface area contributed by atoms with Gasteiger partial charge in [0.1, 0.15) is 0 Å². The van der Waals surface area contributed by atoms with Gasteiger partial charge < -0.3 is 9.84 Å². The van der Waals surface area contributed by atoms with E-state index in [4.69, 9.17) is 4.52 Å². The van der Waals surface area contributed by atoms with E-state index in [1.54, 1.807) is 0 Å². The second-order valence-electron chi connectivity index (χ2n) is 7.26. The molecule has 0 spiro atoms. The maximum atomic E-state index is 12.7. The average Bonchev–Trinajstić information content (AvgIpc) is 3.19. The van der Waals surface area contributed by atoms with Gasteiger partial charge in [0.05, 0.1) is 12.5 Å². The highest BCUT2D eigenvalue weighted by Crippen LogP contribution is 2.22. The lowest BCUT2D eigenvalue weighted by Gasteiger charge is -2.31. The van der Waals surface area contributed by atoms with E-state index in [0.29, 0.717) is 24.8 Å². The highest BCUT2D eigenvalue weighted by atomic mass is 16.5. The van der Waals surface area contributed by atoms with E-state index in [1.165, 1.54) is 0 Å². The Morgan fingerprint density at radius 1 is 1.18 bits per heavy atom. The largest absolute Gasteiger partial charge is 0.338 e. The van der Waals surface area contributed by atoms with Gasteiger partial charge in [-0.1, -0.05) is 53.7 Å². The minimum absolute atomic E-state index is 0.0372. The SMILES string of the molecule is Cc1ccccc1NC(=O)C1CCCN(Cc2nc(-c3ccccc3)no2)C1. The van der Waals surface area contributed by atoms with E-state index in [-0.39, 0.29) is 11.8 Å². The molecule has 1 aromatic heterocycles. The summed E-state index contributed by atoms with van der Waals surface area (Å²) < 4.78 is 5.43. The number of benzene rings is 2. The second-order valence-corrected chi connectivity index (χ2v) is 7.26. The summed E-state index contributed by atoms with van der Waals surface area (Å²) in [7, 11) is 0. The van der Waals surface area contributed by atoms with Crippen molar-refractivity contribution >= 4 is 11.6 Å². The quantitative estimate of drug-likeness (QED) is 0.731. The van der Waals surface area contributed by atoms with E-state index >= 15 is 0 Å². The zero-order chi connectivity index (χ0) is 19.3. The maximum absolute atomic E-state index is 12.7. The first kappa shape index (κ1) is 18.4. The number of likely N-dealkylation sites (tertiary alicyclic amines) is 1. The Labute approximate surface area is 164 Å². The van der Waals surface area contributed by atoms with Gasteiger partial charge in [-0.05, 0) is 37.9 Å². The van der Waals surface area contributed by atoms with Crippen LogP contribution in [0.1, 0.15) is 24.3 Å². The van der Waals surface area contributed by atoms with Gasteiger partial charge in [0.2, 0.25) is 17.6 Å². The molecule has 1 aliphatic rings. The molecule has 0 bridgehead atoms. The Hall–Kier alpha value is -2.99. The Balaban J connectivity index is 1.37. The summed E-state index contributed by atoms with van der Waals surface area (Å²) in [5, 5.41) is 7.15. The number of nitrogens with one attached hydrogen (secondary N) is 1. The van der Waals surface area contributed by atoms with Crippen molar-refractivity contribution in [2.75, 3.05) is 18.4 Å². The normalized spacial score (nSPS) is 17.4. The van der Waals surface area contributed by atoms with Crippen LogP contribution in [-0.2, 0) is 11.3 Å². The smallest absolute Gasteiger partial charge is 0.241 e. The summed E-state index contributed by atoms with van der Waals surface area (Å²) in [6, 6.07) is 17.6. The molecule has 1 aliphatic heterocycles. The van der Waals surface area contributed by atoms with Crippen LogP contribution in [0.4, 0.5) is 5.69 Å². The highest BCUT2D eigenvalue weighted by Gasteiger charge is 2.27. The summed E-state index contributed by atoms with van der Waals surface area (Å²) in [5.74, 6) is 1.22.